The van der Waals surface area contributed by atoms with Gasteiger partial charge in [-0.25, -0.2) is 9.97 Å². The highest BCUT2D eigenvalue weighted by atomic mass is 16.5. The fourth-order valence-electron chi connectivity index (χ4n) is 1.64. The number of ether oxygens (including phenoxy) is 1. The van der Waals surface area contributed by atoms with Crippen LogP contribution in [0.15, 0.2) is 36.9 Å². The highest BCUT2D eigenvalue weighted by Gasteiger charge is 2.10. The van der Waals surface area contributed by atoms with Crippen LogP contribution in [0.25, 0.3) is 0 Å². The summed E-state index contributed by atoms with van der Waals surface area (Å²) in [6.07, 6.45) is 4.19. The van der Waals surface area contributed by atoms with Crippen molar-refractivity contribution in [3.63, 3.8) is 0 Å². The van der Waals surface area contributed by atoms with Crippen LogP contribution in [0.3, 0.4) is 0 Å². The fourth-order valence-corrected chi connectivity index (χ4v) is 1.64. The minimum Gasteiger partial charge on any atom is -0.495 e. The number of benzene rings is 1. The average molecular weight is 283 g/mol. The molecule has 1 aromatic heterocycles. The van der Waals surface area contributed by atoms with Gasteiger partial charge in [0.15, 0.2) is 0 Å². The van der Waals surface area contributed by atoms with E-state index in [9.17, 15) is 4.79 Å². The molecular weight excluding hydrogens is 270 g/mol. The second-order valence-electron chi connectivity index (χ2n) is 3.96. The first kappa shape index (κ1) is 14.5. The van der Waals surface area contributed by atoms with Gasteiger partial charge in [-0.15, -0.1) is 0 Å². The molecule has 0 atom stereocenters. The molecule has 0 fully saturated rings. The third-order valence-electron chi connectivity index (χ3n) is 2.58. The van der Waals surface area contributed by atoms with Crippen molar-refractivity contribution in [2.75, 3.05) is 19.0 Å². The van der Waals surface area contributed by atoms with Gasteiger partial charge < -0.3 is 15.2 Å². The third kappa shape index (κ3) is 3.78. The molecule has 1 heterocycles. The Morgan fingerprint density at radius 2 is 2.14 bits per heavy atom. The minimum absolute atomic E-state index is 0.227. The van der Waals surface area contributed by atoms with E-state index in [1.54, 1.807) is 18.2 Å². The molecule has 2 aromatic rings. The summed E-state index contributed by atoms with van der Waals surface area (Å²) in [7, 11) is 1.51. The van der Waals surface area contributed by atoms with Gasteiger partial charge in [0.05, 0.1) is 18.4 Å². The highest BCUT2D eigenvalue weighted by Crippen LogP contribution is 2.25. The Bertz CT molecular complexity index is 690. The number of rotatable bonds is 3. The lowest BCUT2D eigenvalue weighted by Gasteiger charge is -2.10. The van der Waals surface area contributed by atoms with E-state index in [4.69, 9.17) is 9.84 Å². The SMILES string of the molecule is COc1ccc(C#CCO)cc1NC(=O)c1cncnc1. The van der Waals surface area contributed by atoms with Gasteiger partial charge in [0.1, 0.15) is 18.7 Å². The number of nitrogens with one attached hydrogen (secondary N) is 1. The molecule has 2 N–H and O–H groups in total. The zero-order valence-corrected chi connectivity index (χ0v) is 11.3. The number of aliphatic hydroxyl groups excluding tert-OH is 1. The third-order valence-corrected chi connectivity index (χ3v) is 2.58. The largest absolute Gasteiger partial charge is 0.495 e. The molecule has 1 amide bonds. The molecular formula is C15H13N3O3. The van der Waals surface area contributed by atoms with Gasteiger partial charge >= 0.3 is 0 Å². The smallest absolute Gasteiger partial charge is 0.258 e. The Labute approximate surface area is 121 Å². The summed E-state index contributed by atoms with van der Waals surface area (Å²) in [5.74, 6) is 5.48. The molecule has 0 aliphatic carbocycles. The Kier molecular flexibility index (Phi) is 4.85. The predicted molar refractivity (Wildman–Crippen MR) is 76.9 cm³/mol. The molecule has 0 saturated heterocycles. The van der Waals surface area contributed by atoms with Crippen molar-refractivity contribution in [3.05, 3.63) is 48.0 Å². The van der Waals surface area contributed by atoms with Crippen molar-refractivity contribution in [1.29, 1.82) is 0 Å². The first-order chi connectivity index (χ1) is 10.2. The minimum atomic E-state index is -0.346. The van der Waals surface area contributed by atoms with Crippen molar-refractivity contribution in [1.82, 2.24) is 9.97 Å². The molecule has 0 radical (unpaired) electrons. The van der Waals surface area contributed by atoms with Crippen molar-refractivity contribution in [2.24, 2.45) is 0 Å². The van der Waals surface area contributed by atoms with E-state index in [1.165, 1.54) is 25.8 Å². The number of carbonyl (C=O) groups excluding carboxylic acids is 1. The number of aliphatic hydroxyl groups is 1. The lowest BCUT2D eigenvalue weighted by Crippen LogP contribution is -2.13. The normalized spacial score (nSPS) is 9.43. The summed E-state index contributed by atoms with van der Waals surface area (Å²) in [5.41, 5.74) is 1.48. The van der Waals surface area contributed by atoms with E-state index in [0.29, 0.717) is 22.6 Å². The molecule has 0 aliphatic heterocycles. The molecule has 2 rings (SSSR count). The molecule has 0 spiro atoms. The first-order valence-electron chi connectivity index (χ1n) is 6.08. The second kappa shape index (κ2) is 7.03. The van der Waals surface area contributed by atoms with Gasteiger partial charge in [-0.05, 0) is 18.2 Å². The molecule has 21 heavy (non-hydrogen) atoms. The fraction of sp³-hybridized carbons (Fsp3) is 0.133. The summed E-state index contributed by atoms with van der Waals surface area (Å²) in [5, 5.41) is 11.4. The van der Waals surface area contributed by atoms with Gasteiger partial charge in [-0.1, -0.05) is 11.8 Å². The number of methoxy groups -OCH3 is 1. The lowest BCUT2D eigenvalue weighted by atomic mass is 10.2. The number of hydrogen-bond acceptors (Lipinski definition) is 5. The zero-order valence-electron chi connectivity index (χ0n) is 11.3. The molecule has 6 nitrogen and oxygen atoms in total. The second-order valence-corrected chi connectivity index (χ2v) is 3.96. The molecule has 6 heteroatoms. The van der Waals surface area contributed by atoms with Gasteiger partial charge in [0, 0.05) is 18.0 Å². The Morgan fingerprint density at radius 1 is 1.38 bits per heavy atom. The number of aromatic nitrogens is 2. The molecule has 0 aliphatic rings. The maximum Gasteiger partial charge on any atom is 0.258 e. The molecule has 0 bridgehead atoms. The summed E-state index contributed by atoms with van der Waals surface area (Å²) < 4.78 is 5.20. The van der Waals surface area contributed by atoms with Crippen LogP contribution in [-0.2, 0) is 0 Å². The van der Waals surface area contributed by atoms with Crippen molar-refractivity contribution in [3.8, 4) is 17.6 Å². The Morgan fingerprint density at radius 3 is 2.81 bits per heavy atom. The monoisotopic (exact) mass is 283 g/mol. The summed E-state index contributed by atoms with van der Waals surface area (Å²) >= 11 is 0. The van der Waals surface area contributed by atoms with Crippen molar-refractivity contribution < 1.29 is 14.6 Å². The summed E-state index contributed by atoms with van der Waals surface area (Å²) in [4.78, 5) is 19.7. The van der Waals surface area contributed by atoms with E-state index < -0.39 is 0 Å². The number of anilines is 1. The predicted octanol–water partition coefficient (Wildman–Crippen LogP) is 1.08. The first-order valence-corrected chi connectivity index (χ1v) is 6.08. The van der Waals surface area contributed by atoms with Crippen LogP contribution in [0, 0.1) is 11.8 Å². The van der Waals surface area contributed by atoms with Crippen LogP contribution in [-0.4, -0.2) is 34.7 Å². The molecule has 106 valence electrons. The Hall–Kier alpha value is -2.91. The molecule has 0 unspecified atom stereocenters. The highest BCUT2D eigenvalue weighted by molar-refractivity contribution is 6.04. The molecule has 1 aromatic carbocycles. The maximum absolute atomic E-state index is 12.1. The van der Waals surface area contributed by atoms with E-state index >= 15 is 0 Å². The summed E-state index contributed by atoms with van der Waals surface area (Å²) in [6.45, 7) is -0.227. The van der Waals surface area contributed by atoms with Crippen LogP contribution in [0.5, 0.6) is 5.75 Å². The van der Waals surface area contributed by atoms with E-state index in [1.807, 2.05) is 0 Å². The van der Waals surface area contributed by atoms with Gasteiger partial charge in [-0.3, -0.25) is 4.79 Å². The van der Waals surface area contributed by atoms with Crippen molar-refractivity contribution >= 4 is 11.6 Å². The van der Waals surface area contributed by atoms with Gasteiger partial charge in [0.25, 0.3) is 5.91 Å². The van der Waals surface area contributed by atoms with Crippen LogP contribution in [0.4, 0.5) is 5.69 Å². The van der Waals surface area contributed by atoms with Crippen LogP contribution >= 0.6 is 0 Å². The molecule has 0 saturated carbocycles. The van der Waals surface area contributed by atoms with Crippen LogP contribution in [0.2, 0.25) is 0 Å². The van der Waals surface area contributed by atoms with Crippen LogP contribution < -0.4 is 10.1 Å². The number of amides is 1. The van der Waals surface area contributed by atoms with Gasteiger partial charge in [-0.2, -0.15) is 0 Å². The number of hydrogen-bond donors (Lipinski definition) is 2. The topological polar surface area (TPSA) is 84.3 Å². The lowest BCUT2D eigenvalue weighted by molar-refractivity contribution is 0.102. The number of nitrogens with zero attached hydrogens (tertiary/aromatic N) is 2. The zero-order chi connectivity index (χ0) is 15.1. The van der Waals surface area contributed by atoms with Gasteiger partial charge in [0.2, 0.25) is 0 Å². The van der Waals surface area contributed by atoms with Crippen molar-refractivity contribution in [2.45, 2.75) is 0 Å². The van der Waals surface area contributed by atoms with Crippen LogP contribution in [0.1, 0.15) is 15.9 Å². The van der Waals surface area contributed by atoms with E-state index in [0.717, 1.165) is 0 Å². The Balaban J connectivity index is 2.27. The van der Waals surface area contributed by atoms with E-state index in [-0.39, 0.29) is 12.5 Å². The quantitative estimate of drug-likeness (QED) is 0.823. The average Bonchev–Trinajstić information content (AvgIpc) is 2.54. The number of carbonyl (C=O) groups is 1. The maximum atomic E-state index is 12.1. The standard InChI is InChI=1S/C15H13N3O3/c1-21-14-5-4-11(3-2-6-19)7-13(14)18-15(20)12-8-16-10-17-9-12/h4-5,7-10,19H,6H2,1H3,(H,18,20). The summed E-state index contributed by atoms with van der Waals surface area (Å²) in [6, 6.07) is 5.10. The van der Waals surface area contributed by atoms with E-state index in [2.05, 4.69) is 27.1 Å².